The van der Waals surface area contributed by atoms with Gasteiger partial charge in [0.05, 0.1) is 12.1 Å². The first-order valence-electron chi connectivity index (χ1n) is 6.40. The molecule has 5 heteroatoms. The highest BCUT2D eigenvalue weighted by atomic mass is 35.5. The second-order valence-electron chi connectivity index (χ2n) is 4.91. The van der Waals surface area contributed by atoms with Crippen LogP contribution in [0.4, 0.5) is 4.79 Å². The summed E-state index contributed by atoms with van der Waals surface area (Å²) in [7, 11) is 0. The number of hydrogen-bond donors (Lipinski definition) is 1. The van der Waals surface area contributed by atoms with E-state index in [2.05, 4.69) is 0 Å². The van der Waals surface area contributed by atoms with Gasteiger partial charge in [-0.3, -0.25) is 0 Å². The van der Waals surface area contributed by atoms with E-state index in [1.807, 2.05) is 11.8 Å². The molecule has 1 aliphatic heterocycles. The highest BCUT2D eigenvalue weighted by molar-refractivity contribution is 5.85. The Morgan fingerprint density at radius 3 is 2.65 bits per heavy atom. The number of amides is 1. The van der Waals surface area contributed by atoms with Crippen LogP contribution < -0.4 is 5.73 Å². The van der Waals surface area contributed by atoms with E-state index in [1.165, 1.54) is 19.3 Å². The number of likely N-dealkylation sites (tertiary alicyclic amines) is 1. The Hall–Kier alpha value is -0.480. The van der Waals surface area contributed by atoms with Crippen molar-refractivity contribution in [2.24, 2.45) is 5.73 Å². The second kappa shape index (κ2) is 5.91. The smallest absolute Gasteiger partial charge is 0.410 e. The van der Waals surface area contributed by atoms with Gasteiger partial charge in [-0.25, -0.2) is 4.79 Å². The van der Waals surface area contributed by atoms with E-state index in [-0.39, 0.29) is 30.1 Å². The number of halogens is 1. The van der Waals surface area contributed by atoms with Gasteiger partial charge in [-0.05, 0) is 26.2 Å². The summed E-state index contributed by atoms with van der Waals surface area (Å²) in [5.41, 5.74) is 6.13. The maximum atomic E-state index is 11.9. The lowest BCUT2D eigenvalue weighted by atomic mass is 9.77. The predicted molar refractivity (Wildman–Crippen MR) is 69.4 cm³/mol. The molecule has 1 aliphatic carbocycles. The molecule has 2 rings (SSSR count). The third-order valence-electron chi connectivity index (χ3n) is 4.10. The van der Waals surface area contributed by atoms with E-state index in [4.69, 9.17) is 10.5 Å². The zero-order chi connectivity index (χ0) is 11.6. The molecule has 1 saturated carbocycles. The van der Waals surface area contributed by atoms with Gasteiger partial charge in [-0.1, -0.05) is 19.3 Å². The zero-order valence-electron chi connectivity index (χ0n) is 10.5. The molecule has 0 aromatic carbocycles. The molecule has 0 bridgehead atoms. The molecule has 0 aromatic heterocycles. The van der Waals surface area contributed by atoms with Crippen molar-refractivity contribution in [3.05, 3.63) is 0 Å². The number of nitrogens with zero attached hydrogens (tertiary/aromatic N) is 1. The minimum Gasteiger partial charge on any atom is -0.450 e. The molecule has 17 heavy (non-hydrogen) atoms. The fourth-order valence-corrected chi connectivity index (χ4v) is 3.24. The summed E-state index contributed by atoms with van der Waals surface area (Å²) in [4.78, 5) is 13.8. The van der Waals surface area contributed by atoms with Gasteiger partial charge in [0.15, 0.2) is 0 Å². The first-order valence-corrected chi connectivity index (χ1v) is 6.40. The predicted octanol–water partition coefficient (Wildman–Crippen LogP) is 2.30. The summed E-state index contributed by atoms with van der Waals surface area (Å²) >= 11 is 0. The van der Waals surface area contributed by atoms with Crippen LogP contribution in [0.1, 0.15) is 45.4 Å². The van der Waals surface area contributed by atoms with E-state index in [9.17, 15) is 4.79 Å². The van der Waals surface area contributed by atoms with Crippen LogP contribution in [0.3, 0.4) is 0 Å². The summed E-state index contributed by atoms with van der Waals surface area (Å²) in [6, 6.07) is 0.136. The Morgan fingerprint density at radius 2 is 2.06 bits per heavy atom. The number of rotatable bonds is 1. The van der Waals surface area contributed by atoms with Gasteiger partial charge in [0, 0.05) is 12.6 Å². The van der Waals surface area contributed by atoms with E-state index in [0.717, 1.165) is 25.8 Å². The quantitative estimate of drug-likeness (QED) is 0.789. The first-order chi connectivity index (χ1) is 7.70. The van der Waals surface area contributed by atoms with Crippen molar-refractivity contribution in [1.29, 1.82) is 0 Å². The van der Waals surface area contributed by atoms with Gasteiger partial charge in [0.2, 0.25) is 0 Å². The molecule has 1 amide bonds. The average molecular weight is 263 g/mol. The fourth-order valence-electron chi connectivity index (χ4n) is 3.24. The lowest BCUT2D eigenvalue weighted by Crippen LogP contribution is -2.56. The van der Waals surface area contributed by atoms with Crippen LogP contribution in [0.25, 0.3) is 0 Å². The molecule has 1 heterocycles. The number of ether oxygens (including phenoxy) is 1. The van der Waals surface area contributed by atoms with E-state index in [0.29, 0.717) is 6.61 Å². The lowest BCUT2D eigenvalue weighted by molar-refractivity contribution is 0.0506. The Labute approximate surface area is 109 Å². The number of hydrogen-bond acceptors (Lipinski definition) is 3. The molecule has 1 unspecified atom stereocenters. The second-order valence-corrected chi connectivity index (χ2v) is 4.91. The SMILES string of the molecule is CCOC(=O)N1CCC(N)C12CCCCC2.Cl. The van der Waals surface area contributed by atoms with Gasteiger partial charge < -0.3 is 15.4 Å². The molecule has 1 saturated heterocycles. The topological polar surface area (TPSA) is 55.6 Å². The van der Waals surface area contributed by atoms with Crippen molar-refractivity contribution in [2.45, 2.75) is 57.0 Å². The molecule has 2 N–H and O–H groups in total. The maximum absolute atomic E-state index is 11.9. The molecule has 100 valence electrons. The van der Waals surface area contributed by atoms with E-state index < -0.39 is 0 Å². The van der Waals surface area contributed by atoms with Crippen molar-refractivity contribution in [1.82, 2.24) is 4.90 Å². The third kappa shape index (κ3) is 2.52. The molecule has 0 radical (unpaired) electrons. The molecule has 2 aliphatic rings. The Morgan fingerprint density at radius 1 is 1.41 bits per heavy atom. The van der Waals surface area contributed by atoms with Crippen molar-refractivity contribution >= 4 is 18.5 Å². The molecule has 0 aromatic rings. The standard InChI is InChI=1S/C12H22N2O2.ClH/c1-2-16-11(15)14-9-6-10(13)12(14)7-4-3-5-8-12;/h10H,2-9,13H2,1H3;1H. The highest BCUT2D eigenvalue weighted by Crippen LogP contribution is 2.41. The monoisotopic (exact) mass is 262 g/mol. The number of carbonyl (C=O) groups is 1. The van der Waals surface area contributed by atoms with Crippen LogP contribution in [0.15, 0.2) is 0 Å². The first kappa shape index (κ1) is 14.6. The largest absolute Gasteiger partial charge is 0.450 e. The minimum atomic E-state index is -0.169. The van der Waals surface area contributed by atoms with E-state index in [1.54, 1.807) is 0 Å². The van der Waals surface area contributed by atoms with Crippen molar-refractivity contribution in [2.75, 3.05) is 13.2 Å². The van der Waals surface area contributed by atoms with Crippen LogP contribution in [-0.4, -0.2) is 35.7 Å². The molecule has 1 spiro atoms. The minimum absolute atomic E-state index is 0. The van der Waals surface area contributed by atoms with Crippen LogP contribution in [0.5, 0.6) is 0 Å². The normalized spacial score (nSPS) is 26.7. The Bertz CT molecular complexity index is 267. The summed E-state index contributed by atoms with van der Waals surface area (Å²) in [6.45, 7) is 3.06. The van der Waals surface area contributed by atoms with Gasteiger partial charge in [-0.2, -0.15) is 0 Å². The van der Waals surface area contributed by atoms with Gasteiger partial charge >= 0.3 is 6.09 Å². The molecule has 4 nitrogen and oxygen atoms in total. The highest BCUT2D eigenvalue weighted by Gasteiger charge is 2.49. The molecule has 2 fully saturated rings. The fraction of sp³-hybridized carbons (Fsp3) is 0.917. The van der Waals surface area contributed by atoms with Crippen LogP contribution in [0.2, 0.25) is 0 Å². The number of carbonyl (C=O) groups excluding carboxylic acids is 1. The van der Waals surface area contributed by atoms with Crippen molar-refractivity contribution in [3.63, 3.8) is 0 Å². The van der Waals surface area contributed by atoms with Gasteiger partial charge in [0.25, 0.3) is 0 Å². The lowest BCUT2D eigenvalue weighted by Gasteiger charge is -2.43. The summed E-state index contributed by atoms with van der Waals surface area (Å²) in [5, 5.41) is 0. The van der Waals surface area contributed by atoms with Crippen molar-refractivity contribution < 1.29 is 9.53 Å². The van der Waals surface area contributed by atoms with E-state index >= 15 is 0 Å². The molecular weight excluding hydrogens is 240 g/mol. The summed E-state index contributed by atoms with van der Waals surface area (Å²) < 4.78 is 5.13. The molecule has 1 atom stereocenters. The average Bonchev–Trinajstić information content (AvgIpc) is 2.58. The zero-order valence-corrected chi connectivity index (χ0v) is 11.3. The Balaban J connectivity index is 0.00000144. The number of nitrogens with two attached hydrogens (primary N) is 1. The maximum Gasteiger partial charge on any atom is 0.410 e. The van der Waals surface area contributed by atoms with Crippen LogP contribution in [-0.2, 0) is 4.74 Å². The van der Waals surface area contributed by atoms with Gasteiger partial charge in [0.1, 0.15) is 0 Å². The summed E-state index contributed by atoms with van der Waals surface area (Å²) in [6.07, 6.45) is 6.48. The molecular formula is C12H23ClN2O2. The van der Waals surface area contributed by atoms with Crippen molar-refractivity contribution in [3.8, 4) is 0 Å². The van der Waals surface area contributed by atoms with Crippen LogP contribution in [0, 0.1) is 0 Å². The van der Waals surface area contributed by atoms with Crippen LogP contribution >= 0.6 is 12.4 Å². The Kier molecular flexibility index (Phi) is 5.07. The summed E-state index contributed by atoms with van der Waals surface area (Å²) in [5.74, 6) is 0. The van der Waals surface area contributed by atoms with Gasteiger partial charge in [-0.15, -0.1) is 12.4 Å². The third-order valence-corrected chi connectivity index (χ3v) is 4.10.